The fraction of sp³-hybridized carbons (Fsp3) is 0.273. The smallest absolute Gasteiger partial charge is 0.252 e. The molecule has 0 unspecified atom stereocenters. The lowest BCUT2D eigenvalue weighted by molar-refractivity contribution is 0.915. The maximum Gasteiger partial charge on any atom is 0.252 e. The van der Waals surface area contributed by atoms with E-state index < -0.39 is 0 Å². The van der Waals surface area contributed by atoms with E-state index in [0.29, 0.717) is 24.6 Å². The van der Waals surface area contributed by atoms with Gasteiger partial charge in [-0.05, 0) is 27.4 Å². The number of thiophene rings is 1. The molecule has 0 saturated carbocycles. The highest BCUT2D eigenvalue weighted by Crippen LogP contribution is 2.23. The van der Waals surface area contributed by atoms with E-state index in [0.717, 1.165) is 4.47 Å². The van der Waals surface area contributed by atoms with E-state index in [1.54, 1.807) is 11.3 Å². The molecule has 2 N–H and O–H groups in total. The minimum Gasteiger partial charge on any atom is -0.365 e. The van der Waals surface area contributed by atoms with Crippen LogP contribution in [0.15, 0.2) is 26.8 Å². The fourth-order valence-corrected chi connectivity index (χ4v) is 2.82. The molecule has 2 heterocycles. The van der Waals surface area contributed by atoms with Gasteiger partial charge in [-0.1, -0.05) is 6.92 Å². The molecule has 0 aliphatic rings. The first-order valence-corrected chi connectivity index (χ1v) is 6.92. The Morgan fingerprint density at radius 1 is 1.59 bits per heavy atom. The van der Waals surface area contributed by atoms with Crippen LogP contribution in [0.4, 0.5) is 5.82 Å². The minimum absolute atomic E-state index is 0.121. The summed E-state index contributed by atoms with van der Waals surface area (Å²) in [6.45, 7) is 2.62. The Morgan fingerprint density at radius 2 is 2.41 bits per heavy atom. The zero-order valence-electron chi connectivity index (χ0n) is 9.29. The molecule has 90 valence electrons. The second-order valence-electron chi connectivity index (χ2n) is 3.48. The third-order valence-corrected chi connectivity index (χ3v) is 4.17. The molecular formula is C11H12BrN3OS. The highest BCUT2D eigenvalue weighted by atomic mass is 79.9. The molecule has 2 aromatic heterocycles. The quantitative estimate of drug-likeness (QED) is 0.912. The van der Waals surface area contributed by atoms with E-state index in [1.807, 2.05) is 18.4 Å². The number of anilines is 1. The summed E-state index contributed by atoms with van der Waals surface area (Å²) in [6.07, 6.45) is 0.716. The van der Waals surface area contributed by atoms with E-state index in [-0.39, 0.29) is 5.56 Å². The number of nitrogens with one attached hydrogen (secondary N) is 2. The summed E-state index contributed by atoms with van der Waals surface area (Å²) >= 11 is 5.12. The van der Waals surface area contributed by atoms with Crippen LogP contribution in [0.2, 0.25) is 0 Å². The van der Waals surface area contributed by atoms with Crippen molar-refractivity contribution >= 4 is 33.1 Å². The van der Waals surface area contributed by atoms with Crippen molar-refractivity contribution in [3.8, 4) is 0 Å². The third-order valence-electron chi connectivity index (χ3n) is 2.25. The van der Waals surface area contributed by atoms with Gasteiger partial charge >= 0.3 is 0 Å². The molecule has 0 bridgehead atoms. The van der Waals surface area contributed by atoms with Crippen molar-refractivity contribution in [3.05, 3.63) is 43.0 Å². The number of hydrogen-bond donors (Lipinski definition) is 2. The number of rotatable bonds is 4. The fourth-order valence-electron chi connectivity index (χ4n) is 1.39. The summed E-state index contributed by atoms with van der Waals surface area (Å²) in [5, 5.41) is 5.17. The molecule has 2 rings (SSSR count). The third kappa shape index (κ3) is 3.17. The van der Waals surface area contributed by atoms with E-state index in [2.05, 4.69) is 31.2 Å². The maximum atomic E-state index is 11.4. The van der Waals surface area contributed by atoms with Crippen LogP contribution in [-0.4, -0.2) is 9.97 Å². The first kappa shape index (κ1) is 12.3. The van der Waals surface area contributed by atoms with Crippen LogP contribution >= 0.6 is 27.3 Å². The molecule has 4 nitrogen and oxygen atoms in total. The zero-order valence-corrected chi connectivity index (χ0v) is 11.7. The number of nitrogens with zero attached hydrogens (tertiary/aromatic N) is 1. The van der Waals surface area contributed by atoms with Crippen molar-refractivity contribution < 1.29 is 0 Å². The molecule has 0 aliphatic heterocycles. The molecule has 0 atom stereocenters. The predicted molar refractivity (Wildman–Crippen MR) is 73.6 cm³/mol. The Balaban J connectivity index is 2.11. The van der Waals surface area contributed by atoms with Gasteiger partial charge < -0.3 is 10.3 Å². The van der Waals surface area contributed by atoms with Gasteiger partial charge in [-0.25, -0.2) is 4.98 Å². The second-order valence-corrected chi connectivity index (χ2v) is 5.33. The molecule has 17 heavy (non-hydrogen) atoms. The Hall–Kier alpha value is -1.14. The average molecular weight is 314 g/mol. The normalized spacial score (nSPS) is 10.5. The number of aryl methyl sites for hydroxylation is 1. The van der Waals surface area contributed by atoms with E-state index in [4.69, 9.17) is 0 Å². The monoisotopic (exact) mass is 313 g/mol. The number of hydrogen-bond acceptors (Lipinski definition) is 4. The van der Waals surface area contributed by atoms with E-state index in [9.17, 15) is 4.79 Å². The number of halogens is 1. The molecular weight excluding hydrogens is 302 g/mol. The standard InChI is InChI=1S/C11H12BrN3OS/c1-2-9-14-10(5-11(16)15-9)13-6-8-7(12)3-4-17-8/h3-5H,2,6H2,1H3,(H2,13,14,15,16). The summed E-state index contributed by atoms with van der Waals surface area (Å²) in [4.78, 5) is 19.5. The molecule has 0 spiro atoms. The average Bonchev–Trinajstić information content (AvgIpc) is 2.71. The van der Waals surface area contributed by atoms with Gasteiger partial charge in [-0.15, -0.1) is 11.3 Å². The summed E-state index contributed by atoms with van der Waals surface area (Å²) in [6, 6.07) is 3.48. The van der Waals surface area contributed by atoms with Gasteiger partial charge in [0.1, 0.15) is 11.6 Å². The van der Waals surface area contributed by atoms with Gasteiger partial charge in [-0.2, -0.15) is 0 Å². The summed E-state index contributed by atoms with van der Waals surface area (Å²) in [7, 11) is 0. The molecule has 0 aromatic carbocycles. The Morgan fingerprint density at radius 3 is 3.06 bits per heavy atom. The zero-order chi connectivity index (χ0) is 12.3. The molecule has 2 aromatic rings. The van der Waals surface area contributed by atoms with E-state index in [1.165, 1.54) is 10.9 Å². The second kappa shape index (κ2) is 5.46. The van der Waals surface area contributed by atoms with Crippen LogP contribution in [0.25, 0.3) is 0 Å². The molecule has 6 heteroatoms. The van der Waals surface area contributed by atoms with Crippen LogP contribution in [-0.2, 0) is 13.0 Å². The molecule has 0 aliphatic carbocycles. The van der Waals surface area contributed by atoms with Crippen LogP contribution < -0.4 is 10.9 Å². The largest absolute Gasteiger partial charge is 0.365 e. The van der Waals surface area contributed by atoms with Crippen LogP contribution in [0.3, 0.4) is 0 Å². The highest BCUT2D eigenvalue weighted by molar-refractivity contribution is 9.10. The Bertz CT molecular complexity index is 564. The van der Waals surface area contributed by atoms with Crippen LogP contribution in [0, 0.1) is 0 Å². The molecule has 0 saturated heterocycles. The maximum absolute atomic E-state index is 11.4. The van der Waals surface area contributed by atoms with Gasteiger partial charge in [0.25, 0.3) is 5.56 Å². The van der Waals surface area contributed by atoms with E-state index >= 15 is 0 Å². The van der Waals surface area contributed by atoms with Gasteiger partial charge in [0.2, 0.25) is 0 Å². The number of aromatic amines is 1. The number of H-pyrrole nitrogens is 1. The van der Waals surface area contributed by atoms with Gasteiger partial charge in [0, 0.05) is 21.8 Å². The van der Waals surface area contributed by atoms with Crippen LogP contribution in [0.1, 0.15) is 17.6 Å². The molecule has 0 amide bonds. The minimum atomic E-state index is -0.121. The summed E-state index contributed by atoms with van der Waals surface area (Å²) < 4.78 is 1.08. The van der Waals surface area contributed by atoms with Crippen molar-refractivity contribution in [2.24, 2.45) is 0 Å². The highest BCUT2D eigenvalue weighted by Gasteiger charge is 2.03. The van der Waals surface area contributed by atoms with Crippen molar-refractivity contribution in [1.82, 2.24) is 9.97 Å². The Kier molecular flexibility index (Phi) is 3.96. The molecule has 0 fully saturated rings. The first-order valence-electron chi connectivity index (χ1n) is 5.25. The van der Waals surface area contributed by atoms with Crippen molar-refractivity contribution in [3.63, 3.8) is 0 Å². The van der Waals surface area contributed by atoms with Gasteiger partial charge in [-0.3, -0.25) is 4.79 Å². The van der Waals surface area contributed by atoms with Crippen molar-refractivity contribution in [1.29, 1.82) is 0 Å². The van der Waals surface area contributed by atoms with Crippen molar-refractivity contribution in [2.75, 3.05) is 5.32 Å². The van der Waals surface area contributed by atoms with Crippen molar-refractivity contribution in [2.45, 2.75) is 19.9 Å². The SMILES string of the molecule is CCc1nc(NCc2sccc2Br)cc(=O)[nH]1. The first-order chi connectivity index (χ1) is 8.19. The van der Waals surface area contributed by atoms with Gasteiger partial charge in [0.15, 0.2) is 0 Å². The Labute approximate surface area is 111 Å². The lowest BCUT2D eigenvalue weighted by Gasteiger charge is -2.05. The lowest BCUT2D eigenvalue weighted by atomic mass is 10.4. The predicted octanol–water partition coefficient (Wildman–Crippen LogP) is 2.77. The topological polar surface area (TPSA) is 57.8 Å². The van der Waals surface area contributed by atoms with Crippen LogP contribution in [0.5, 0.6) is 0 Å². The summed E-state index contributed by atoms with van der Waals surface area (Å²) in [5.74, 6) is 1.32. The lowest BCUT2D eigenvalue weighted by Crippen LogP contribution is -2.13. The number of aromatic nitrogens is 2. The molecule has 0 radical (unpaired) electrons. The summed E-state index contributed by atoms with van der Waals surface area (Å²) in [5.41, 5.74) is -0.121. The van der Waals surface area contributed by atoms with Gasteiger partial charge in [0.05, 0.1) is 6.54 Å².